The second-order valence-electron chi connectivity index (χ2n) is 3.24. The highest BCUT2D eigenvalue weighted by molar-refractivity contribution is 14.1. The third-order valence-electron chi connectivity index (χ3n) is 2.12. The van der Waals surface area contributed by atoms with Gasteiger partial charge < -0.3 is 0 Å². The molecule has 0 spiro atoms. The average Bonchev–Trinajstić information content (AvgIpc) is 2.16. The van der Waals surface area contributed by atoms with Crippen LogP contribution in [0.1, 0.15) is 35.3 Å². The first kappa shape index (κ1) is 10.8. The van der Waals surface area contributed by atoms with Crippen molar-refractivity contribution in [3.05, 3.63) is 42.0 Å². The summed E-state index contributed by atoms with van der Waals surface area (Å²) in [6.07, 6.45) is 1.17. The zero-order valence-electron chi connectivity index (χ0n) is 8.18. The van der Waals surface area contributed by atoms with Gasteiger partial charge in [0.1, 0.15) is 0 Å². The molecule has 1 unspecified atom stereocenters. The molecule has 0 saturated carbocycles. The fourth-order valence-electron chi connectivity index (χ4n) is 1.38. The Bertz CT molecular complexity index is 302. The molecular weight excluding hydrogens is 271 g/mol. The van der Waals surface area contributed by atoms with Gasteiger partial charge in [0.2, 0.25) is 0 Å². The Morgan fingerprint density at radius 2 is 2.08 bits per heavy atom. The summed E-state index contributed by atoms with van der Waals surface area (Å²) >= 11 is 2.49. The fraction of sp³-hybridized carbons (Fsp3) is 0.333. The van der Waals surface area contributed by atoms with Crippen LogP contribution >= 0.6 is 22.6 Å². The molecule has 1 rings (SSSR count). The lowest BCUT2D eigenvalue weighted by Gasteiger charge is -2.13. The van der Waals surface area contributed by atoms with E-state index in [-0.39, 0.29) is 0 Å². The Balaban J connectivity index is 3.11. The molecule has 0 fully saturated rings. The summed E-state index contributed by atoms with van der Waals surface area (Å²) in [5.74, 6) is 0. The third-order valence-corrected chi connectivity index (χ3v) is 3.67. The molecule has 0 radical (unpaired) electrons. The molecule has 70 valence electrons. The summed E-state index contributed by atoms with van der Waals surface area (Å²) in [6, 6.07) is 8.53. The van der Waals surface area contributed by atoms with Crippen molar-refractivity contribution in [2.45, 2.75) is 24.2 Å². The molecule has 0 aromatic heterocycles. The summed E-state index contributed by atoms with van der Waals surface area (Å²) in [5.41, 5.74) is 3.88. The van der Waals surface area contributed by atoms with Crippen molar-refractivity contribution in [1.82, 2.24) is 0 Å². The maximum Gasteiger partial charge on any atom is 0.0363 e. The van der Waals surface area contributed by atoms with E-state index < -0.39 is 0 Å². The Labute approximate surface area is 94.2 Å². The lowest BCUT2D eigenvalue weighted by atomic mass is 9.99. The number of hydrogen-bond donors (Lipinski definition) is 0. The molecule has 0 aliphatic rings. The Kier molecular flexibility index (Phi) is 3.97. The van der Waals surface area contributed by atoms with Gasteiger partial charge in [-0.2, -0.15) is 0 Å². The summed E-state index contributed by atoms with van der Waals surface area (Å²) in [4.78, 5) is 0. The van der Waals surface area contributed by atoms with E-state index in [1.54, 1.807) is 0 Å². The number of benzene rings is 1. The van der Waals surface area contributed by atoms with Gasteiger partial charge in [-0.15, -0.1) is 0 Å². The van der Waals surface area contributed by atoms with Crippen molar-refractivity contribution in [2.24, 2.45) is 0 Å². The van der Waals surface area contributed by atoms with Crippen LogP contribution in [0, 0.1) is 0 Å². The summed E-state index contributed by atoms with van der Waals surface area (Å²) in [6.45, 7) is 8.28. The zero-order chi connectivity index (χ0) is 9.84. The number of halogens is 1. The van der Waals surface area contributed by atoms with Gasteiger partial charge in [0.15, 0.2) is 0 Å². The predicted molar refractivity (Wildman–Crippen MR) is 68.2 cm³/mol. The van der Waals surface area contributed by atoms with Crippen molar-refractivity contribution >= 4 is 28.2 Å². The van der Waals surface area contributed by atoms with E-state index in [0.717, 1.165) is 5.57 Å². The van der Waals surface area contributed by atoms with E-state index in [0.29, 0.717) is 3.92 Å². The van der Waals surface area contributed by atoms with Gasteiger partial charge in [0.05, 0.1) is 0 Å². The smallest absolute Gasteiger partial charge is 0.0363 e. The van der Waals surface area contributed by atoms with Crippen LogP contribution in [-0.2, 0) is 0 Å². The summed E-state index contributed by atoms with van der Waals surface area (Å²) < 4.78 is 0.602. The average molecular weight is 286 g/mol. The van der Waals surface area contributed by atoms with Crippen LogP contribution in [0.4, 0.5) is 0 Å². The minimum Gasteiger partial charge on any atom is -0.0955 e. The minimum absolute atomic E-state index is 0.602. The molecule has 0 nitrogen and oxygen atoms in total. The van der Waals surface area contributed by atoms with Gasteiger partial charge in [-0.1, -0.05) is 65.9 Å². The fourth-order valence-corrected chi connectivity index (χ4v) is 1.92. The van der Waals surface area contributed by atoms with Gasteiger partial charge >= 0.3 is 0 Å². The Morgan fingerprint density at radius 1 is 1.46 bits per heavy atom. The molecule has 1 aromatic rings. The van der Waals surface area contributed by atoms with Gasteiger partial charge in [-0.05, 0) is 24.5 Å². The molecule has 0 aliphatic heterocycles. The lowest BCUT2D eigenvalue weighted by molar-refractivity contribution is 0.924. The van der Waals surface area contributed by atoms with Crippen LogP contribution < -0.4 is 0 Å². The second-order valence-corrected chi connectivity index (χ2v) is 4.75. The highest BCUT2D eigenvalue weighted by Gasteiger charge is 2.09. The first-order valence-corrected chi connectivity index (χ1v) is 5.80. The van der Waals surface area contributed by atoms with E-state index in [1.165, 1.54) is 17.5 Å². The first-order chi connectivity index (χ1) is 6.16. The molecule has 0 heterocycles. The van der Waals surface area contributed by atoms with Crippen LogP contribution in [0.5, 0.6) is 0 Å². The number of alkyl halides is 1. The first-order valence-electron chi connectivity index (χ1n) is 4.55. The number of hydrogen-bond acceptors (Lipinski definition) is 0. The lowest BCUT2D eigenvalue weighted by Crippen LogP contribution is -1.93. The summed E-state index contributed by atoms with van der Waals surface area (Å²) in [7, 11) is 0. The quantitative estimate of drug-likeness (QED) is 0.562. The number of rotatable bonds is 3. The normalized spacial score (nSPS) is 12.5. The Hall–Kier alpha value is -0.310. The predicted octanol–water partition coefficient (Wildman–Crippen LogP) is 4.61. The van der Waals surface area contributed by atoms with Crippen LogP contribution in [-0.4, -0.2) is 0 Å². The van der Waals surface area contributed by atoms with E-state index >= 15 is 0 Å². The van der Waals surface area contributed by atoms with E-state index in [2.05, 4.69) is 67.3 Å². The molecule has 13 heavy (non-hydrogen) atoms. The van der Waals surface area contributed by atoms with Gasteiger partial charge in [-0.25, -0.2) is 0 Å². The largest absolute Gasteiger partial charge is 0.0955 e. The maximum absolute atomic E-state index is 4.00. The van der Waals surface area contributed by atoms with E-state index in [1.807, 2.05) is 0 Å². The Morgan fingerprint density at radius 3 is 2.62 bits per heavy atom. The topological polar surface area (TPSA) is 0 Å². The second kappa shape index (κ2) is 4.80. The van der Waals surface area contributed by atoms with Crippen molar-refractivity contribution in [2.75, 3.05) is 0 Å². The van der Waals surface area contributed by atoms with Gasteiger partial charge in [0.25, 0.3) is 0 Å². The molecule has 0 saturated heterocycles. The molecule has 0 bridgehead atoms. The molecule has 1 aromatic carbocycles. The molecule has 0 aliphatic carbocycles. The summed E-state index contributed by atoms with van der Waals surface area (Å²) in [5, 5.41) is 0. The van der Waals surface area contributed by atoms with Crippen LogP contribution in [0.3, 0.4) is 0 Å². The van der Waals surface area contributed by atoms with Crippen molar-refractivity contribution in [3.63, 3.8) is 0 Å². The SMILES string of the molecule is C=C(C)c1ccccc1C(I)CC. The standard InChI is InChI=1S/C12H15I/c1-4-12(13)11-8-6-5-7-10(11)9(2)3/h5-8,12H,2,4H2,1,3H3. The zero-order valence-corrected chi connectivity index (χ0v) is 10.3. The molecular formula is C12H15I. The minimum atomic E-state index is 0.602. The molecule has 1 atom stereocenters. The molecule has 0 N–H and O–H groups in total. The van der Waals surface area contributed by atoms with Crippen molar-refractivity contribution in [3.8, 4) is 0 Å². The third kappa shape index (κ3) is 2.56. The van der Waals surface area contributed by atoms with Crippen LogP contribution in [0.25, 0.3) is 5.57 Å². The van der Waals surface area contributed by atoms with Crippen molar-refractivity contribution in [1.29, 1.82) is 0 Å². The van der Waals surface area contributed by atoms with Crippen molar-refractivity contribution < 1.29 is 0 Å². The molecule has 0 amide bonds. The highest BCUT2D eigenvalue weighted by Crippen LogP contribution is 2.31. The van der Waals surface area contributed by atoms with Gasteiger partial charge in [-0.3, -0.25) is 0 Å². The van der Waals surface area contributed by atoms with E-state index in [9.17, 15) is 0 Å². The van der Waals surface area contributed by atoms with Crippen LogP contribution in [0.2, 0.25) is 0 Å². The van der Waals surface area contributed by atoms with Crippen LogP contribution in [0.15, 0.2) is 30.8 Å². The number of allylic oxidation sites excluding steroid dienone is 1. The van der Waals surface area contributed by atoms with E-state index in [4.69, 9.17) is 0 Å². The highest BCUT2D eigenvalue weighted by atomic mass is 127. The maximum atomic E-state index is 4.00. The molecule has 1 heteroatoms. The van der Waals surface area contributed by atoms with Gasteiger partial charge in [0, 0.05) is 3.92 Å². The monoisotopic (exact) mass is 286 g/mol.